The molecular formula is C13H20N2O. The lowest BCUT2D eigenvalue weighted by molar-refractivity contribution is 0.388. The van der Waals surface area contributed by atoms with E-state index in [-0.39, 0.29) is 6.04 Å². The van der Waals surface area contributed by atoms with E-state index >= 15 is 0 Å². The van der Waals surface area contributed by atoms with Gasteiger partial charge in [-0.15, -0.1) is 0 Å². The molecule has 0 saturated carbocycles. The van der Waals surface area contributed by atoms with Crippen LogP contribution in [-0.4, -0.2) is 18.6 Å². The van der Waals surface area contributed by atoms with Crippen LogP contribution in [0, 0.1) is 0 Å². The van der Waals surface area contributed by atoms with Crippen molar-refractivity contribution >= 4 is 0 Å². The first-order chi connectivity index (χ1) is 7.69. The molecule has 16 heavy (non-hydrogen) atoms. The first-order valence-corrected chi connectivity index (χ1v) is 5.56. The molecule has 88 valence electrons. The van der Waals surface area contributed by atoms with E-state index < -0.39 is 0 Å². The third-order valence-corrected chi connectivity index (χ3v) is 2.25. The Morgan fingerprint density at radius 3 is 2.88 bits per heavy atom. The van der Waals surface area contributed by atoms with Gasteiger partial charge in [-0.25, -0.2) is 4.98 Å². The summed E-state index contributed by atoms with van der Waals surface area (Å²) in [6.45, 7) is 7.18. The number of hydrogen-bond donors (Lipinski definition) is 1. The Hall–Kier alpha value is -1.35. The summed E-state index contributed by atoms with van der Waals surface area (Å²) in [6.07, 6.45) is 3.93. The Balaban J connectivity index is 3.04. The van der Waals surface area contributed by atoms with Crippen LogP contribution < -0.4 is 10.1 Å². The highest BCUT2D eigenvalue weighted by Gasteiger charge is 2.12. The number of likely N-dealkylation sites (N-methyl/N-ethyl adjacent to an activating group) is 1. The summed E-state index contributed by atoms with van der Waals surface area (Å²) in [5, 5.41) is 3.41. The summed E-state index contributed by atoms with van der Waals surface area (Å²) in [6, 6.07) is 4.14. The molecule has 1 rings (SSSR count). The zero-order valence-corrected chi connectivity index (χ0v) is 10.4. The zero-order valence-electron chi connectivity index (χ0n) is 10.4. The largest absolute Gasteiger partial charge is 0.481 e. The van der Waals surface area contributed by atoms with Gasteiger partial charge in [-0.05, 0) is 26.5 Å². The van der Waals surface area contributed by atoms with Crippen molar-refractivity contribution in [3.8, 4) is 5.88 Å². The second-order valence-electron chi connectivity index (χ2n) is 3.88. The summed E-state index contributed by atoms with van der Waals surface area (Å²) < 4.78 is 5.27. The van der Waals surface area contributed by atoms with Crippen LogP contribution in [0.4, 0.5) is 0 Å². The third-order valence-electron chi connectivity index (χ3n) is 2.25. The Morgan fingerprint density at radius 2 is 2.31 bits per heavy atom. The molecule has 1 aromatic rings. The molecule has 0 amide bonds. The van der Waals surface area contributed by atoms with Gasteiger partial charge in [-0.3, -0.25) is 0 Å². The van der Waals surface area contributed by atoms with Gasteiger partial charge in [0, 0.05) is 11.8 Å². The van der Waals surface area contributed by atoms with Crippen LogP contribution in [0.3, 0.4) is 0 Å². The number of hydrogen-bond acceptors (Lipinski definition) is 3. The molecule has 3 nitrogen and oxygen atoms in total. The number of aromatic nitrogens is 1. The Bertz CT molecular complexity index is 357. The summed E-state index contributed by atoms with van der Waals surface area (Å²) >= 11 is 0. The number of methoxy groups -OCH3 is 1. The van der Waals surface area contributed by atoms with Crippen LogP contribution in [0.2, 0.25) is 0 Å². The Morgan fingerprint density at radius 1 is 1.56 bits per heavy atom. The van der Waals surface area contributed by atoms with Crippen LogP contribution >= 0.6 is 0 Å². The molecule has 0 radical (unpaired) electrons. The lowest BCUT2D eigenvalue weighted by Crippen LogP contribution is -2.20. The fraction of sp³-hybridized carbons (Fsp3) is 0.462. The molecule has 0 aliphatic rings. The van der Waals surface area contributed by atoms with Gasteiger partial charge < -0.3 is 10.1 Å². The molecule has 1 heterocycles. The second-order valence-corrected chi connectivity index (χ2v) is 3.88. The Kier molecular flexibility index (Phi) is 4.99. The van der Waals surface area contributed by atoms with Gasteiger partial charge in [0.25, 0.3) is 0 Å². The van der Waals surface area contributed by atoms with Gasteiger partial charge in [0.15, 0.2) is 0 Å². The molecule has 0 bridgehead atoms. The van der Waals surface area contributed by atoms with Crippen molar-refractivity contribution < 1.29 is 4.74 Å². The maximum atomic E-state index is 5.27. The summed E-state index contributed by atoms with van der Waals surface area (Å²) in [5.74, 6) is 0.686. The molecular weight excluding hydrogens is 200 g/mol. The molecule has 1 atom stereocenters. The van der Waals surface area contributed by atoms with Crippen LogP contribution in [0.25, 0.3) is 0 Å². The van der Waals surface area contributed by atoms with Gasteiger partial charge in [0.2, 0.25) is 5.88 Å². The molecule has 1 aromatic heterocycles. The smallest absolute Gasteiger partial charge is 0.218 e. The average molecular weight is 220 g/mol. The van der Waals surface area contributed by atoms with Crippen molar-refractivity contribution in [3.05, 3.63) is 35.5 Å². The van der Waals surface area contributed by atoms with Gasteiger partial charge in [-0.1, -0.05) is 24.6 Å². The molecule has 3 heteroatoms. The predicted octanol–water partition coefficient (Wildman–Crippen LogP) is 2.71. The number of allylic oxidation sites excluding steroid dienone is 1. The molecule has 0 saturated heterocycles. The van der Waals surface area contributed by atoms with Crippen LogP contribution in [0.15, 0.2) is 30.0 Å². The zero-order chi connectivity index (χ0) is 12.0. The van der Waals surface area contributed by atoms with E-state index in [1.807, 2.05) is 12.1 Å². The van der Waals surface area contributed by atoms with Crippen LogP contribution in [0.5, 0.6) is 5.88 Å². The van der Waals surface area contributed by atoms with E-state index in [4.69, 9.17) is 4.74 Å². The molecule has 0 aliphatic carbocycles. The van der Waals surface area contributed by atoms with Gasteiger partial charge in [0.05, 0.1) is 13.2 Å². The summed E-state index contributed by atoms with van der Waals surface area (Å²) in [5.41, 5.74) is 2.35. The van der Waals surface area contributed by atoms with Gasteiger partial charge in [-0.2, -0.15) is 0 Å². The van der Waals surface area contributed by atoms with Crippen molar-refractivity contribution in [2.45, 2.75) is 26.8 Å². The monoisotopic (exact) mass is 220 g/mol. The number of nitrogens with zero attached hydrogens (tertiary/aromatic N) is 1. The van der Waals surface area contributed by atoms with Crippen molar-refractivity contribution in [2.75, 3.05) is 13.7 Å². The molecule has 0 aliphatic heterocycles. The normalized spacial score (nSPS) is 12.0. The minimum Gasteiger partial charge on any atom is -0.481 e. The number of rotatable bonds is 5. The molecule has 0 aromatic carbocycles. The minimum absolute atomic E-state index is 0.165. The number of nitrogens with one attached hydrogen (secondary N) is 1. The van der Waals surface area contributed by atoms with E-state index in [2.05, 4.69) is 37.1 Å². The maximum Gasteiger partial charge on any atom is 0.218 e. The van der Waals surface area contributed by atoms with Crippen LogP contribution in [0.1, 0.15) is 32.4 Å². The van der Waals surface area contributed by atoms with Crippen molar-refractivity contribution in [1.82, 2.24) is 10.3 Å². The third kappa shape index (κ3) is 3.35. The van der Waals surface area contributed by atoms with Crippen molar-refractivity contribution in [1.29, 1.82) is 0 Å². The quantitative estimate of drug-likeness (QED) is 0.775. The van der Waals surface area contributed by atoms with E-state index in [1.165, 1.54) is 5.57 Å². The van der Waals surface area contributed by atoms with Gasteiger partial charge in [0.1, 0.15) is 0 Å². The maximum absolute atomic E-state index is 5.27. The van der Waals surface area contributed by atoms with E-state index in [1.54, 1.807) is 13.3 Å². The molecule has 0 spiro atoms. The number of ether oxygens (including phenoxy) is 1. The molecule has 0 fully saturated rings. The molecule has 1 N–H and O–H groups in total. The second kappa shape index (κ2) is 6.28. The molecule has 1 unspecified atom stereocenters. The average Bonchev–Trinajstić information content (AvgIpc) is 2.28. The van der Waals surface area contributed by atoms with Crippen LogP contribution in [-0.2, 0) is 0 Å². The standard InChI is InChI=1S/C13H20N2O/c1-5-14-12(9-10(2)3)11-7-6-8-15-13(11)16-4/h6-9,12,14H,5H2,1-4H3. The topological polar surface area (TPSA) is 34.2 Å². The highest BCUT2D eigenvalue weighted by atomic mass is 16.5. The number of pyridine rings is 1. The van der Waals surface area contributed by atoms with E-state index in [0.717, 1.165) is 12.1 Å². The highest BCUT2D eigenvalue weighted by Crippen LogP contribution is 2.24. The van der Waals surface area contributed by atoms with Gasteiger partial charge >= 0.3 is 0 Å². The lowest BCUT2D eigenvalue weighted by Gasteiger charge is -2.17. The summed E-state index contributed by atoms with van der Waals surface area (Å²) in [4.78, 5) is 4.22. The predicted molar refractivity (Wildman–Crippen MR) is 66.6 cm³/mol. The SMILES string of the molecule is CCNC(C=C(C)C)c1cccnc1OC. The highest BCUT2D eigenvalue weighted by molar-refractivity contribution is 5.32. The van der Waals surface area contributed by atoms with Crippen molar-refractivity contribution in [2.24, 2.45) is 0 Å². The summed E-state index contributed by atoms with van der Waals surface area (Å²) in [7, 11) is 1.65. The first-order valence-electron chi connectivity index (χ1n) is 5.56. The first kappa shape index (κ1) is 12.7. The van der Waals surface area contributed by atoms with Crippen molar-refractivity contribution in [3.63, 3.8) is 0 Å². The van der Waals surface area contributed by atoms with E-state index in [0.29, 0.717) is 5.88 Å². The fourth-order valence-corrected chi connectivity index (χ4v) is 1.62. The minimum atomic E-state index is 0.165. The van der Waals surface area contributed by atoms with E-state index in [9.17, 15) is 0 Å². The lowest BCUT2D eigenvalue weighted by atomic mass is 10.1. The Labute approximate surface area is 97.5 Å². The fourth-order valence-electron chi connectivity index (χ4n) is 1.62.